The summed E-state index contributed by atoms with van der Waals surface area (Å²) in [6, 6.07) is 18.6. The van der Waals surface area contributed by atoms with E-state index in [2.05, 4.69) is 5.32 Å². The van der Waals surface area contributed by atoms with Crippen LogP contribution in [0.15, 0.2) is 66.1 Å². The number of carbonyl (C=O) groups is 1. The monoisotopic (exact) mass is 476 g/mol. The van der Waals surface area contributed by atoms with Gasteiger partial charge >= 0.3 is 0 Å². The summed E-state index contributed by atoms with van der Waals surface area (Å²) in [6.07, 6.45) is -0.432. The van der Waals surface area contributed by atoms with Crippen molar-refractivity contribution in [3.05, 3.63) is 99.5 Å². The summed E-state index contributed by atoms with van der Waals surface area (Å²) in [5.41, 5.74) is 11.0. The quantitative estimate of drug-likeness (QED) is 0.345. The van der Waals surface area contributed by atoms with Crippen LogP contribution >= 0.6 is 11.8 Å². The number of nitrogens with two attached hydrogens (primary N) is 1. The van der Waals surface area contributed by atoms with Gasteiger partial charge in [0.05, 0.1) is 5.56 Å². The Morgan fingerprint density at radius 2 is 1.91 bits per heavy atom. The van der Waals surface area contributed by atoms with E-state index in [1.807, 2.05) is 53.9 Å². The van der Waals surface area contributed by atoms with E-state index in [0.717, 1.165) is 28.0 Å². The first kappa shape index (κ1) is 23.9. The lowest BCUT2D eigenvalue weighted by Crippen LogP contribution is -2.28. The van der Waals surface area contributed by atoms with Crippen molar-refractivity contribution < 1.29 is 19.7 Å². The smallest absolute Gasteiger partial charge is 0.166 e. The molecule has 0 saturated heterocycles. The fraction of sp³-hybridized carbons (Fsp3) is 0.222. The Bertz CT molecular complexity index is 1220. The van der Waals surface area contributed by atoms with E-state index in [9.17, 15) is 15.0 Å². The van der Waals surface area contributed by atoms with Crippen molar-refractivity contribution in [2.45, 2.75) is 38.5 Å². The Kier molecular flexibility index (Phi) is 7.26. The number of phenols is 1. The molecule has 4 rings (SSSR count). The predicted octanol–water partition coefficient (Wildman–Crippen LogP) is 4.83. The van der Waals surface area contributed by atoms with Crippen molar-refractivity contribution in [1.29, 1.82) is 0 Å². The van der Waals surface area contributed by atoms with Crippen LogP contribution in [-0.2, 0) is 6.61 Å². The zero-order valence-corrected chi connectivity index (χ0v) is 19.9. The number of nitrogens with one attached hydrogen (secondary N) is 1. The molecule has 0 spiro atoms. The minimum atomic E-state index is -0.763. The summed E-state index contributed by atoms with van der Waals surface area (Å²) in [5.74, 6) is 0.388. The van der Waals surface area contributed by atoms with E-state index in [-0.39, 0.29) is 17.0 Å². The molecule has 6 nitrogen and oxygen atoms in total. The minimum Gasteiger partial charge on any atom is -0.507 e. The molecule has 1 aliphatic rings. The summed E-state index contributed by atoms with van der Waals surface area (Å²) in [7, 11) is 0. The summed E-state index contributed by atoms with van der Waals surface area (Å²) < 4.78 is 5.88. The Balaban J connectivity index is 1.43. The van der Waals surface area contributed by atoms with E-state index in [1.165, 1.54) is 11.8 Å². The number of aliphatic hydroxyl groups is 1. The lowest BCUT2D eigenvalue weighted by molar-refractivity contribution is 0.0985. The van der Waals surface area contributed by atoms with Gasteiger partial charge in [0.25, 0.3) is 0 Å². The molecule has 3 aromatic carbocycles. The van der Waals surface area contributed by atoms with Crippen molar-refractivity contribution in [2.24, 2.45) is 5.73 Å². The molecule has 0 amide bonds. The van der Waals surface area contributed by atoms with E-state index < -0.39 is 6.10 Å². The Labute approximate surface area is 203 Å². The first-order valence-corrected chi connectivity index (χ1v) is 12.0. The van der Waals surface area contributed by atoms with Crippen molar-refractivity contribution in [1.82, 2.24) is 5.32 Å². The molecule has 1 heterocycles. The minimum absolute atomic E-state index is 0.0332. The molecule has 0 aliphatic carbocycles. The highest BCUT2D eigenvalue weighted by Crippen LogP contribution is 2.32. The van der Waals surface area contributed by atoms with Gasteiger partial charge in [0.2, 0.25) is 0 Å². The maximum absolute atomic E-state index is 11.9. The molecule has 0 aromatic heterocycles. The molecule has 34 heavy (non-hydrogen) atoms. The van der Waals surface area contributed by atoms with Crippen LogP contribution in [0, 0.1) is 6.92 Å². The second-order valence-corrected chi connectivity index (χ2v) is 9.17. The third kappa shape index (κ3) is 5.12. The van der Waals surface area contributed by atoms with Crippen molar-refractivity contribution >= 4 is 23.2 Å². The number of thioether (sulfide) groups is 1. The number of aromatic hydroxyl groups is 1. The highest BCUT2D eigenvalue weighted by Gasteiger charge is 2.17. The largest absolute Gasteiger partial charge is 0.507 e. The average molecular weight is 477 g/mol. The zero-order chi connectivity index (χ0) is 24.2. The number of hydrogen-bond donors (Lipinski definition) is 4. The Hall–Kier alpha value is -3.26. The average Bonchev–Trinajstić information content (AvgIpc) is 3.31. The van der Waals surface area contributed by atoms with Crippen molar-refractivity contribution in [2.75, 3.05) is 0 Å². The van der Waals surface area contributed by atoms with Gasteiger partial charge in [-0.2, -0.15) is 0 Å². The SMILES string of the molecule is CCC(=O)c1ccc(OCc2ccc(C(O)c3cccc(C4=CSC(N)N4)c3)cc2)c(C)c1O. The van der Waals surface area contributed by atoms with Gasteiger partial charge in [-0.3, -0.25) is 4.79 Å². The van der Waals surface area contributed by atoms with Gasteiger partial charge in [-0.1, -0.05) is 61.2 Å². The van der Waals surface area contributed by atoms with E-state index in [0.29, 0.717) is 29.9 Å². The fourth-order valence-electron chi connectivity index (χ4n) is 3.79. The molecule has 5 N–H and O–H groups in total. The summed E-state index contributed by atoms with van der Waals surface area (Å²) in [4.78, 5) is 11.9. The van der Waals surface area contributed by atoms with Gasteiger partial charge in [0, 0.05) is 17.7 Å². The van der Waals surface area contributed by atoms with Gasteiger partial charge in [0.1, 0.15) is 29.7 Å². The number of aliphatic hydroxyl groups excluding tert-OH is 1. The van der Waals surface area contributed by atoms with Crippen molar-refractivity contribution in [3.8, 4) is 11.5 Å². The van der Waals surface area contributed by atoms with Crippen LogP contribution in [0.5, 0.6) is 11.5 Å². The Morgan fingerprint density at radius 3 is 2.59 bits per heavy atom. The maximum Gasteiger partial charge on any atom is 0.166 e. The maximum atomic E-state index is 11.9. The molecule has 3 aromatic rings. The van der Waals surface area contributed by atoms with E-state index in [1.54, 1.807) is 26.0 Å². The lowest BCUT2D eigenvalue weighted by atomic mass is 9.98. The highest BCUT2D eigenvalue weighted by atomic mass is 32.2. The van der Waals surface area contributed by atoms with Gasteiger partial charge in [-0.15, -0.1) is 0 Å². The molecule has 2 unspecified atom stereocenters. The standard InChI is InChI=1S/C27H28N2O4S/c1-3-23(30)21-11-12-24(16(2)25(21)31)33-14-17-7-9-18(10-8-17)26(32)20-6-4-5-19(13-20)22-15-34-27(28)29-22/h4-13,15,26-27,29,31-32H,3,14,28H2,1-2H3. The van der Waals surface area contributed by atoms with E-state index in [4.69, 9.17) is 10.5 Å². The van der Waals surface area contributed by atoms with Crippen LogP contribution < -0.4 is 15.8 Å². The van der Waals surface area contributed by atoms with Crippen molar-refractivity contribution in [3.63, 3.8) is 0 Å². The number of hydrogen-bond acceptors (Lipinski definition) is 7. The molecule has 7 heteroatoms. The number of rotatable bonds is 8. The van der Waals surface area contributed by atoms with Crippen LogP contribution in [0.2, 0.25) is 0 Å². The second kappa shape index (κ2) is 10.3. The van der Waals surface area contributed by atoms with Gasteiger partial charge < -0.3 is 26.0 Å². The van der Waals surface area contributed by atoms with Crippen LogP contribution in [0.25, 0.3) is 5.70 Å². The third-order valence-electron chi connectivity index (χ3n) is 5.84. The summed E-state index contributed by atoms with van der Waals surface area (Å²) in [5, 5.41) is 26.4. The Morgan fingerprint density at radius 1 is 1.15 bits per heavy atom. The van der Waals surface area contributed by atoms with Crippen LogP contribution in [0.1, 0.15) is 57.6 Å². The van der Waals surface area contributed by atoms with E-state index >= 15 is 0 Å². The predicted molar refractivity (Wildman–Crippen MR) is 135 cm³/mol. The first-order valence-electron chi connectivity index (χ1n) is 11.1. The summed E-state index contributed by atoms with van der Waals surface area (Å²) in [6.45, 7) is 3.79. The molecular weight excluding hydrogens is 448 g/mol. The lowest BCUT2D eigenvalue weighted by Gasteiger charge is -2.15. The number of ether oxygens (including phenoxy) is 1. The molecule has 0 radical (unpaired) electrons. The second-order valence-electron chi connectivity index (χ2n) is 8.15. The number of Topliss-reactive ketones (excluding diaryl/α,β-unsaturated/α-hetero) is 1. The van der Waals surface area contributed by atoms with Gasteiger partial charge in [-0.05, 0) is 52.8 Å². The van der Waals surface area contributed by atoms with Gasteiger partial charge in [-0.25, -0.2) is 0 Å². The topological polar surface area (TPSA) is 105 Å². The molecule has 0 saturated carbocycles. The molecule has 2 atom stereocenters. The van der Waals surface area contributed by atoms with Crippen LogP contribution in [-0.4, -0.2) is 21.5 Å². The number of benzene rings is 3. The highest BCUT2D eigenvalue weighted by molar-refractivity contribution is 8.03. The molecular formula is C27H28N2O4S. The molecule has 176 valence electrons. The number of ketones is 1. The zero-order valence-electron chi connectivity index (χ0n) is 19.1. The van der Waals surface area contributed by atoms with Crippen LogP contribution in [0.3, 0.4) is 0 Å². The fourth-order valence-corrected chi connectivity index (χ4v) is 4.48. The summed E-state index contributed by atoms with van der Waals surface area (Å²) >= 11 is 1.52. The molecule has 0 bridgehead atoms. The molecule has 0 fully saturated rings. The van der Waals surface area contributed by atoms with Crippen LogP contribution in [0.4, 0.5) is 0 Å². The first-order chi connectivity index (χ1) is 16.4. The number of carbonyl (C=O) groups excluding carboxylic acids is 1. The normalized spacial score (nSPS) is 16.0. The third-order valence-corrected chi connectivity index (χ3v) is 6.62. The molecule has 1 aliphatic heterocycles. The van der Waals surface area contributed by atoms with Gasteiger partial charge in [0.15, 0.2) is 5.78 Å². The number of phenolic OH excluding ortho intramolecular Hbond substituents is 1.